The van der Waals surface area contributed by atoms with Crippen molar-refractivity contribution in [2.75, 3.05) is 12.1 Å². The molecule has 8 nitrogen and oxygen atoms in total. The molecule has 0 spiro atoms. The number of carbonyl (C=O) groups excluding carboxylic acids is 1. The van der Waals surface area contributed by atoms with Gasteiger partial charge in [0.25, 0.3) is 0 Å². The summed E-state index contributed by atoms with van der Waals surface area (Å²) in [6.45, 7) is 2.60. The van der Waals surface area contributed by atoms with Crippen LogP contribution in [0.15, 0.2) is 40.9 Å². The smallest absolute Gasteiger partial charge is 0.237 e. The highest BCUT2D eigenvalue weighted by Gasteiger charge is 2.20. The largest absolute Gasteiger partial charge is 0.454 e. The minimum Gasteiger partial charge on any atom is -0.454 e. The molecule has 3 aromatic rings. The van der Waals surface area contributed by atoms with Crippen molar-refractivity contribution >= 4 is 34.7 Å². The van der Waals surface area contributed by atoms with Crippen molar-refractivity contribution in [2.45, 2.75) is 23.9 Å². The highest BCUT2D eigenvalue weighted by Crippen LogP contribution is 2.34. The molecule has 26 heavy (non-hydrogen) atoms. The van der Waals surface area contributed by atoms with Crippen LogP contribution in [0.5, 0.6) is 11.5 Å². The number of nitrogens with zero attached hydrogens (tertiary/aromatic N) is 4. The number of amides is 1. The van der Waals surface area contributed by atoms with Crippen molar-refractivity contribution in [3.05, 3.63) is 40.6 Å². The molecular formula is C16H15N5O3S2. The van der Waals surface area contributed by atoms with Gasteiger partial charge in [-0.3, -0.25) is 4.79 Å². The van der Waals surface area contributed by atoms with Gasteiger partial charge in [-0.1, -0.05) is 17.8 Å². The van der Waals surface area contributed by atoms with Crippen LogP contribution in [-0.2, 0) is 11.3 Å². The topological polar surface area (TPSA) is 91.2 Å². The van der Waals surface area contributed by atoms with E-state index < -0.39 is 0 Å². The molecule has 0 radical (unpaired) electrons. The maximum Gasteiger partial charge on any atom is 0.237 e. The number of carbonyl (C=O) groups is 1. The Kier molecular flexibility index (Phi) is 4.76. The molecule has 4 rings (SSSR count). The van der Waals surface area contributed by atoms with Crippen LogP contribution in [0.4, 0.5) is 5.69 Å². The van der Waals surface area contributed by atoms with Crippen LogP contribution in [0.1, 0.15) is 11.8 Å². The maximum atomic E-state index is 12.5. The minimum absolute atomic E-state index is 0.139. The van der Waals surface area contributed by atoms with E-state index in [4.69, 9.17) is 9.47 Å². The van der Waals surface area contributed by atoms with Gasteiger partial charge in [0.15, 0.2) is 11.5 Å². The predicted octanol–water partition coefficient (Wildman–Crippen LogP) is 2.63. The van der Waals surface area contributed by atoms with E-state index in [-0.39, 0.29) is 18.0 Å². The van der Waals surface area contributed by atoms with Crippen LogP contribution in [-0.4, -0.2) is 38.2 Å². The molecule has 0 bridgehead atoms. The second kappa shape index (κ2) is 7.34. The van der Waals surface area contributed by atoms with Crippen molar-refractivity contribution in [1.29, 1.82) is 0 Å². The van der Waals surface area contributed by atoms with Gasteiger partial charge in [0.05, 0.1) is 11.8 Å². The number of tetrazole rings is 1. The Morgan fingerprint density at radius 3 is 3.12 bits per heavy atom. The van der Waals surface area contributed by atoms with Crippen molar-refractivity contribution < 1.29 is 14.3 Å². The zero-order valence-electron chi connectivity index (χ0n) is 13.8. The Balaban J connectivity index is 1.39. The van der Waals surface area contributed by atoms with Crippen LogP contribution in [0.2, 0.25) is 0 Å². The van der Waals surface area contributed by atoms with Crippen LogP contribution < -0.4 is 14.8 Å². The van der Waals surface area contributed by atoms with Crippen molar-refractivity contribution in [2.24, 2.45) is 0 Å². The zero-order valence-corrected chi connectivity index (χ0v) is 15.4. The Morgan fingerprint density at radius 2 is 2.27 bits per heavy atom. The van der Waals surface area contributed by atoms with E-state index in [1.165, 1.54) is 11.8 Å². The Hall–Kier alpha value is -2.59. The first-order valence-corrected chi connectivity index (χ1v) is 9.61. The molecule has 1 aliphatic rings. The average Bonchev–Trinajstić information content (AvgIpc) is 3.37. The van der Waals surface area contributed by atoms with E-state index in [0.29, 0.717) is 28.9 Å². The average molecular weight is 389 g/mol. The highest BCUT2D eigenvalue weighted by molar-refractivity contribution is 8.00. The molecule has 0 unspecified atom stereocenters. The summed E-state index contributed by atoms with van der Waals surface area (Å²) in [5.41, 5.74) is 0.657. The second-order valence-electron chi connectivity index (χ2n) is 5.52. The molecule has 0 saturated heterocycles. The first kappa shape index (κ1) is 16.9. The Bertz CT molecular complexity index is 913. The summed E-state index contributed by atoms with van der Waals surface area (Å²) in [5.74, 6) is 1.17. The van der Waals surface area contributed by atoms with Gasteiger partial charge in [0.2, 0.25) is 17.9 Å². The monoisotopic (exact) mass is 389 g/mol. The molecule has 1 aromatic carbocycles. The first-order valence-electron chi connectivity index (χ1n) is 7.85. The van der Waals surface area contributed by atoms with Gasteiger partial charge in [-0.05, 0) is 40.9 Å². The molecule has 1 aliphatic heterocycles. The lowest BCUT2D eigenvalue weighted by Crippen LogP contribution is -2.23. The lowest BCUT2D eigenvalue weighted by atomic mass is 10.2. The van der Waals surface area contributed by atoms with E-state index in [9.17, 15) is 4.79 Å². The molecule has 0 saturated carbocycles. The molecule has 3 heterocycles. The standard InChI is InChI=1S/C16H15N5O3S2/c1-10(15(22)17-11-4-5-13-14(7-11)24-9-23-13)26-16-18-19-20-21(16)8-12-3-2-6-25-12/h2-7,10H,8-9H2,1H3,(H,17,22)/t10-/m1/s1. The van der Waals surface area contributed by atoms with Gasteiger partial charge in [0, 0.05) is 16.6 Å². The number of anilines is 1. The third-order valence-corrected chi connectivity index (χ3v) is 5.61. The Morgan fingerprint density at radius 1 is 1.38 bits per heavy atom. The third kappa shape index (κ3) is 3.65. The van der Waals surface area contributed by atoms with Gasteiger partial charge in [0.1, 0.15) is 0 Å². The first-order chi connectivity index (χ1) is 12.7. The van der Waals surface area contributed by atoms with Gasteiger partial charge in [-0.2, -0.15) is 0 Å². The molecule has 2 aromatic heterocycles. The third-order valence-electron chi connectivity index (χ3n) is 3.68. The lowest BCUT2D eigenvalue weighted by molar-refractivity contribution is -0.115. The number of hydrogen-bond donors (Lipinski definition) is 1. The summed E-state index contributed by atoms with van der Waals surface area (Å²) >= 11 is 2.95. The number of thioether (sulfide) groups is 1. The van der Waals surface area contributed by atoms with Gasteiger partial charge < -0.3 is 14.8 Å². The number of ether oxygens (including phenoxy) is 2. The number of thiophene rings is 1. The quantitative estimate of drug-likeness (QED) is 0.648. The number of aromatic nitrogens is 4. The predicted molar refractivity (Wildman–Crippen MR) is 97.8 cm³/mol. The lowest BCUT2D eigenvalue weighted by Gasteiger charge is -2.12. The van der Waals surface area contributed by atoms with Crippen LogP contribution in [0, 0.1) is 0 Å². The molecule has 134 valence electrons. The molecule has 1 amide bonds. The fourth-order valence-corrected chi connectivity index (χ4v) is 3.83. The van der Waals surface area contributed by atoms with E-state index in [0.717, 1.165) is 4.88 Å². The number of nitrogens with one attached hydrogen (secondary N) is 1. The fourth-order valence-electron chi connectivity index (χ4n) is 2.36. The molecule has 10 heteroatoms. The van der Waals surface area contributed by atoms with Gasteiger partial charge in [-0.25, -0.2) is 4.68 Å². The molecule has 0 aliphatic carbocycles. The Labute approximate surface area is 157 Å². The SMILES string of the molecule is C[C@@H](Sc1nnnn1Cc1cccs1)C(=O)Nc1ccc2c(c1)OCO2. The number of benzene rings is 1. The summed E-state index contributed by atoms with van der Waals surface area (Å²) in [7, 11) is 0. The molecule has 0 fully saturated rings. The van der Waals surface area contributed by atoms with Crippen LogP contribution in [0.25, 0.3) is 0 Å². The summed E-state index contributed by atoms with van der Waals surface area (Å²) < 4.78 is 12.3. The minimum atomic E-state index is -0.367. The number of hydrogen-bond acceptors (Lipinski definition) is 8. The van der Waals surface area contributed by atoms with Crippen molar-refractivity contribution in [3.8, 4) is 11.5 Å². The molecule has 1 N–H and O–H groups in total. The number of fused-ring (bicyclic) bond motifs is 1. The zero-order chi connectivity index (χ0) is 17.9. The van der Waals surface area contributed by atoms with E-state index in [2.05, 4.69) is 20.8 Å². The van der Waals surface area contributed by atoms with Crippen molar-refractivity contribution in [1.82, 2.24) is 20.2 Å². The van der Waals surface area contributed by atoms with E-state index in [1.54, 1.807) is 34.2 Å². The summed E-state index contributed by atoms with van der Waals surface area (Å²) in [6.07, 6.45) is 0. The fraction of sp³-hybridized carbons (Fsp3) is 0.250. The van der Waals surface area contributed by atoms with Gasteiger partial charge in [-0.15, -0.1) is 16.4 Å². The summed E-state index contributed by atoms with van der Waals surface area (Å²) in [5, 5.41) is 16.9. The summed E-state index contributed by atoms with van der Waals surface area (Å²) in [4.78, 5) is 13.6. The van der Waals surface area contributed by atoms with Crippen LogP contribution in [0.3, 0.4) is 0 Å². The highest BCUT2D eigenvalue weighted by atomic mass is 32.2. The van der Waals surface area contributed by atoms with E-state index in [1.807, 2.05) is 24.4 Å². The van der Waals surface area contributed by atoms with Gasteiger partial charge >= 0.3 is 0 Å². The van der Waals surface area contributed by atoms with E-state index >= 15 is 0 Å². The second-order valence-corrected chi connectivity index (χ2v) is 7.86. The molecular weight excluding hydrogens is 374 g/mol. The molecule has 1 atom stereocenters. The van der Waals surface area contributed by atoms with Crippen molar-refractivity contribution in [3.63, 3.8) is 0 Å². The maximum absolute atomic E-state index is 12.5. The number of rotatable bonds is 6. The normalized spacial score (nSPS) is 13.6. The van der Waals surface area contributed by atoms with Crippen LogP contribution >= 0.6 is 23.1 Å². The summed E-state index contributed by atoms with van der Waals surface area (Å²) in [6, 6.07) is 9.31.